The van der Waals surface area contributed by atoms with E-state index in [-0.39, 0.29) is 23.8 Å². The molecule has 6 nitrogen and oxygen atoms in total. The lowest BCUT2D eigenvalue weighted by molar-refractivity contribution is 0.00526. The molecule has 1 fully saturated rings. The summed E-state index contributed by atoms with van der Waals surface area (Å²) >= 11 is 12.3. The number of nitrogens with one attached hydrogen (secondary N) is 1. The fourth-order valence-electron chi connectivity index (χ4n) is 3.72. The number of halogens is 2. The number of aromatic nitrogens is 2. The van der Waals surface area contributed by atoms with Crippen molar-refractivity contribution in [2.45, 2.75) is 57.6 Å². The molecule has 3 rings (SSSR count). The van der Waals surface area contributed by atoms with E-state index < -0.39 is 5.60 Å². The maximum atomic E-state index is 12.8. The topological polar surface area (TPSA) is 78.4 Å². The van der Waals surface area contributed by atoms with Crippen molar-refractivity contribution in [3.8, 4) is 0 Å². The summed E-state index contributed by atoms with van der Waals surface area (Å²) in [4.78, 5) is 23.0. The van der Waals surface area contributed by atoms with Gasteiger partial charge in [-0.2, -0.15) is 0 Å². The number of hydrogen-bond acceptors (Lipinski definition) is 5. The average Bonchev–Trinajstić information content (AvgIpc) is 2.68. The quantitative estimate of drug-likeness (QED) is 0.638. The summed E-state index contributed by atoms with van der Waals surface area (Å²) in [5.74, 6) is 0.325. The molecule has 1 aliphatic carbocycles. The Bertz CT molecular complexity index is 870. The number of rotatable bonds is 6. The minimum atomic E-state index is -0.834. The van der Waals surface area contributed by atoms with Crippen LogP contribution < -0.4 is 10.2 Å². The SMILES string of the molecule is CC(C)N(c1ccc(Cl)c(C(=O)NCC2(O)CCCCC2)c1)c1ccnc(Cl)n1. The molecule has 0 aliphatic heterocycles. The van der Waals surface area contributed by atoms with Gasteiger partial charge in [-0.3, -0.25) is 4.79 Å². The molecule has 0 atom stereocenters. The van der Waals surface area contributed by atoms with Crippen LogP contribution in [0, 0.1) is 0 Å². The molecule has 0 spiro atoms. The fourth-order valence-corrected chi connectivity index (χ4v) is 4.07. The Morgan fingerprint density at radius 1 is 1.24 bits per heavy atom. The molecule has 0 unspecified atom stereocenters. The highest BCUT2D eigenvalue weighted by molar-refractivity contribution is 6.34. The van der Waals surface area contributed by atoms with Crippen LogP contribution in [0.15, 0.2) is 30.5 Å². The molecule has 1 saturated carbocycles. The third-order valence-corrected chi connectivity index (χ3v) is 5.72. The van der Waals surface area contributed by atoms with Gasteiger partial charge in [-0.15, -0.1) is 0 Å². The summed E-state index contributed by atoms with van der Waals surface area (Å²) in [5, 5.41) is 14.0. The van der Waals surface area contributed by atoms with E-state index in [0.29, 0.717) is 29.2 Å². The summed E-state index contributed by atoms with van der Waals surface area (Å²) in [7, 11) is 0. The van der Waals surface area contributed by atoms with Gasteiger partial charge >= 0.3 is 0 Å². The van der Waals surface area contributed by atoms with Gasteiger partial charge in [0.25, 0.3) is 5.91 Å². The van der Waals surface area contributed by atoms with Crippen molar-refractivity contribution in [2.24, 2.45) is 0 Å². The largest absolute Gasteiger partial charge is 0.388 e. The predicted octanol–water partition coefficient (Wildman–Crippen LogP) is 4.75. The Morgan fingerprint density at radius 2 is 1.97 bits per heavy atom. The Hall–Kier alpha value is -1.89. The Morgan fingerprint density at radius 3 is 2.62 bits per heavy atom. The molecule has 2 aromatic rings. The smallest absolute Gasteiger partial charge is 0.252 e. The van der Waals surface area contributed by atoms with E-state index >= 15 is 0 Å². The third-order valence-electron chi connectivity index (χ3n) is 5.21. The summed E-state index contributed by atoms with van der Waals surface area (Å²) in [6, 6.07) is 7.08. The van der Waals surface area contributed by atoms with E-state index in [2.05, 4.69) is 15.3 Å². The van der Waals surface area contributed by atoms with Crippen LogP contribution in [0.1, 0.15) is 56.3 Å². The van der Waals surface area contributed by atoms with Gasteiger partial charge in [-0.25, -0.2) is 9.97 Å². The van der Waals surface area contributed by atoms with Crippen LogP contribution in [0.25, 0.3) is 0 Å². The molecule has 0 radical (unpaired) electrons. The van der Waals surface area contributed by atoms with Crippen molar-refractivity contribution in [2.75, 3.05) is 11.4 Å². The lowest BCUT2D eigenvalue weighted by atomic mass is 9.85. The molecule has 8 heteroatoms. The monoisotopic (exact) mass is 436 g/mol. The van der Waals surface area contributed by atoms with E-state index in [0.717, 1.165) is 24.9 Å². The minimum Gasteiger partial charge on any atom is -0.388 e. The minimum absolute atomic E-state index is 0.0565. The van der Waals surface area contributed by atoms with Crippen molar-refractivity contribution < 1.29 is 9.90 Å². The first kappa shape index (κ1) is 21.8. The van der Waals surface area contributed by atoms with E-state index in [9.17, 15) is 9.90 Å². The second kappa shape index (κ2) is 9.28. The van der Waals surface area contributed by atoms with E-state index in [1.165, 1.54) is 0 Å². The maximum absolute atomic E-state index is 12.8. The van der Waals surface area contributed by atoms with Crippen LogP contribution in [-0.2, 0) is 0 Å². The molecule has 0 saturated heterocycles. The normalized spacial score (nSPS) is 15.9. The highest BCUT2D eigenvalue weighted by Crippen LogP contribution is 2.31. The first-order valence-electron chi connectivity index (χ1n) is 9.87. The Labute approximate surface area is 181 Å². The first-order valence-corrected chi connectivity index (χ1v) is 10.6. The van der Waals surface area contributed by atoms with Gasteiger partial charge < -0.3 is 15.3 Å². The number of carbonyl (C=O) groups is 1. The van der Waals surface area contributed by atoms with Crippen molar-refractivity contribution in [1.82, 2.24) is 15.3 Å². The highest BCUT2D eigenvalue weighted by atomic mass is 35.5. The molecule has 156 valence electrons. The molecule has 1 aromatic heterocycles. The van der Waals surface area contributed by atoms with Gasteiger partial charge in [0.1, 0.15) is 5.82 Å². The number of benzene rings is 1. The molecular formula is C21H26Cl2N4O2. The van der Waals surface area contributed by atoms with Gasteiger partial charge in [-0.1, -0.05) is 30.9 Å². The molecule has 1 aromatic carbocycles. The zero-order valence-electron chi connectivity index (χ0n) is 16.7. The zero-order valence-corrected chi connectivity index (χ0v) is 18.2. The van der Waals surface area contributed by atoms with Crippen LogP contribution in [0.5, 0.6) is 0 Å². The maximum Gasteiger partial charge on any atom is 0.252 e. The molecule has 1 amide bonds. The van der Waals surface area contributed by atoms with Gasteiger partial charge in [0.15, 0.2) is 0 Å². The summed E-state index contributed by atoms with van der Waals surface area (Å²) < 4.78 is 0. The van der Waals surface area contributed by atoms with Crippen LogP contribution in [0.2, 0.25) is 10.3 Å². The lowest BCUT2D eigenvalue weighted by Gasteiger charge is -2.32. The lowest BCUT2D eigenvalue weighted by Crippen LogP contribution is -2.44. The molecule has 29 heavy (non-hydrogen) atoms. The zero-order chi connectivity index (χ0) is 21.0. The number of anilines is 2. The number of amides is 1. The standard InChI is InChI=1S/C21H26Cl2N4O2/c1-14(2)27(18-8-11-24-20(23)26-18)15-6-7-17(22)16(12-15)19(28)25-13-21(29)9-4-3-5-10-21/h6-8,11-12,14,29H,3-5,9-10,13H2,1-2H3,(H,25,28). The van der Waals surface area contributed by atoms with Crippen LogP contribution in [0.3, 0.4) is 0 Å². The van der Waals surface area contributed by atoms with Crippen molar-refractivity contribution in [1.29, 1.82) is 0 Å². The molecule has 1 heterocycles. The van der Waals surface area contributed by atoms with E-state index in [1.54, 1.807) is 24.4 Å². The number of hydrogen-bond donors (Lipinski definition) is 2. The number of carbonyl (C=O) groups excluding carboxylic acids is 1. The molecule has 0 bridgehead atoms. The van der Waals surface area contributed by atoms with Crippen LogP contribution in [0.4, 0.5) is 11.5 Å². The predicted molar refractivity (Wildman–Crippen MR) is 116 cm³/mol. The number of nitrogens with zero attached hydrogens (tertiary/aromatic N) is 3. The number of aliphatic hydroxyl groups is 1. The Kier molecular flexibility index (Phi) is 6.98. The average molecular weight is 437 g/mol. The molecule has 2 N–H and O–H groups in total. The first-order chi connectivity index (χ1) is 13.8. The van der Waals surface area contributed by atoms with Crippen LogP contribution >= 0.6 is 23.2 Å². The van der Waals surface area contributed by atoms with Crippen molar-refractivity contribution in [3.05, 3.63) is 46.3 Å². The van der Waals surface area contributed by atoms with E-state index in [4.69, 9.17) is 23.2 Å². The van der Waals surface area contributed by atoms with Gasteiger partial charge in [0.05, 0.1) is 16.2 Å². The summed E-state index contributed by atoms with van der Waals surface area (Å²) in [6.07, 6.45) is 6.09. The second-order valence-corrected chi connectivity index (χ2v) is 8.52. The van der Waals surface area contributed by atoms with Crippen molar-refractivity contribution >= 4 is 40.6 Å². The fraction of sp³-hybridized carbons (Fsp3) is 0.476. The Balaban J connectivity index is 1.83. The highest BCUT2D eigenvalue weighted by Gasteiger charge is 2.30. The summed E-state index contributed by atoms with van der Waals surface area (Å²) in [6.45, 7) is 4.26. The van der Waals surface area contributed by atoms with Crippen LogP contribution in [-0.4, -0.2) is 39.2 Å². The van der Waals surface area contributed by atoms with Gasteiger partial charge in [0.2, 0.25) is 5.28 Å². The van der Waals surface area contributed by atoms with Crippen molar-refractivity contribution in [3.63, 3.8) is 0 Å². The van der Waals surface area contributed by atoms with Gasteiger partial charge in [0, 0.05) is 24.5 Å². The van der Waals surface area contributed by atoms with Gasteiger partial charge in [-0.05, 0) is 62.6 Å². The summed E-state index contributed by atoms with van der Waals surface area (Å²) in [5.41, 5.74) is 0.287. The van der Waals surface area contributed by atoms with E-state index in [1.807, 2.05) is 24.8 Å². The molecular weight excluding hydrogens is 411 g/mol. The second-order valence-electron chi connectivity index (χ2n) is 7.78. The third kappa shape index (κ3) is 5.38. The molecule has 1 aliphatic rings.